The first-order valence-electron chi connectivity index (χ1n) is 3.00. The van der Waals surface area contributed by atoms with E-state index in [0.717, 1.165) is 0 Å². The van der Waals surface area contributed by atoms with Gasteiger partial charge in [-0.2, -0.15) is 0 Å². The van der Waals surface area contributed by atoms with Gasteiger partial charge in [-0.3, -0.25) is 0 Å². The van der Waals surface area contributed by atoms with Crippen molar-refractivity contribution < 1.29 is 0 Å². The molecule has 0 aliphatic carbocycles. The molecule has 1 aliphatic rings. The van der Waals surface area contributed by atoms with E-state index in [1.807, 2.05) is 0 Å². The first kappa shape index (κ1) is 6.47. The number of hydrogen-bond donors (Lipinski definition) is 2. The lowest BCUT2D eigenvalue weighted by molar-refractivity contribution is 1.04. The lowest BCUT2D eigenvalue weighted by Crippen LogP contribution is -2.87. The molecule has 0 saturated carbocycles. The highest BCUT2D eigenvalue weighted by Crippen LogP contribution is 2.11. The Bertz CT molecular complexity index is 88.6. The van der Waals surface area contributed by atoms with E-state index >= 15 is 0 Å². The first-order valence-corrected chi connectivity index (χ1v) is 9.00. The van der Waals surface area contributed by atoms with Crippen molar-refractivity contribution in [3.8, 4) is 0 Å². The van der Waals surface area contributed by atoms with Gasteiger partial charge in [-0.05, 0) is 26.2 Å². The van der Waals surface area contributed by atoms with Gasteiger partial charge >= 0.3 is 0 Å². The summed E-state index contributed by atoms with van der Waals surface area (Å²) in [4.78, 5) is 0. The monoisotopic (exact) mass is 146 g/mol. The molecule has 8 heavy (non-hydrogen) atoms. The number of nitrogens with one attached hydrogen (secondary N) is 2. The molecule has 0 atom stereocenters. The average molecular weight is 146 g/mol. The molecule has 0 aromatic carbocycles. The summed E-state index contributed by atoms with van der Waals surface area (Å²) in [5.41, 5.74) is 0. The van der Waals surface area contributed by atoms with Crippen LogP contribution in [0.3, 0.4) is 0 Å². The standard InChI is InChI=1S/C4H14N2Si2/c1-7(2)5-8(3,4)6-7/h5-6H,1-4H3. The van der Waals surface area contributed by atoms with E-state index in [1.165, 1.54) is 0 Å². The van der Waals surface area contributed by atoms with Crippen LogP contribution < -0.4 is 9.30 Å². The van der Waals surface area contributed by atoms with Crippen LogP contribution in [0.25, 0.3) is 0 Å². The molecule has 0 aromatic rings. The van der Waals surface area contributed by atoms with E-state index in [2.05, 4.69) is 35.5 Å². The molecule has 1 aliphatic heterocycles. The van der Waals surface area contributed by atoms with Crippen molar-refractivity contribution in [2.45, 2.75) is 26.2 Å². The van der Waals surface area contributed by atoms with E-state index in [0.29, 0.717) is 0 Å². The van der Waals surface area contributed by atoms with Crippen molar-refractivity contribution in [1.82, 2.24) is 9.30 Å². The van der Waals surface area contributed by atoms with Crippen LogP contribution in [0.5, 0.6) is 0 Å². The van der Waals surface area contributed by atoms with Gasteiger partial charge in [-0.25, -0.2) is 0 Å². The molecule has 48 valence electrons. The molecule has 0 unspecified atom stereocenters. The summed E-state index contributed by atoms with van der Waals surface area (Å²) in [6.07, 6.45) is 0. The van der Waals surface area contributed by atoms with E-state index in [4.69, 9.17) is 0 Å². The van der Waals surface area contributed by atoms with E-state index in [9.17, 15) is 0 Å². The zero-order valence-corrected chi connectivity index (χ0v) is 8.00. The molecule has 2 N–H and O–H groups in total. The number of rotatable bonds is 0. The van der Waals surface area contributed by atoms with Gasteiger partial charge in [0.2, 0.25) is 0 Å². The second kappa shape index (κ2) is 1.44. The molecule has 1 rings (SSSR count). The molecule has 0 aromatic heterocycles. The normalized spacial score (nSPS) is 31.5. The van der Waals surface area contributed by atoms with Gasteiger partial charge in [0, 0.05) is 0 Å². The van der Waals surface area contributed by atoms with E-state index in [-0.39, 0.29) is 0 Å². The second-order valence-corrected chi connectivity index (χ2v) is 12.0. The SMILES string of the molecule is C[Si]1(C)N[Si](C)(C)N1. The summed E-state index contributed by atoms with van der Waals surface area (Å²) in [6.45, 7) is 9.19. The van der Waals surface area contributed by atoms with Crippen molar-refractivity contribution in [3.05, 3.63) is 0 Å². The third-order valence-electron chi connectivity index (χ3n) is 1.25. The third kappa shape index (κ3) is 1.19. The van der Waals surface area contributed by atoms with Gasteiger partial charge in [0.15, 0.2) is 16.8 Å². The second-order valence-electron chi connectivity index (χ2n) is 3.50. The van der Waals surface area contributed by atoms with Crippen molar-refractivity contribution >= 4 is 16.8 Å². The minimum absolute atomic E-state index is 1.02. The fraction of sp³-hybridized carbons (Fsp3) is 1.00. The summed E-state index contributed by atoms with van der Waals surface area (Å²) in [5.74, 6) is 0. The molecule has 0 spiro atoms. The smallest absolute Gasteiger partial charge is 0.183 e. The summed E-state index contributed by atoms with van der Waals surface area (Å²) in [6, 6.07) is 0. The zero-order chi connectivity index (χ0) is 6.41. The van der Waals surface area contributed by atoms with Crippen LogP contribution >= 0.6 is 0 Å². The van der Waals surface area contributed by atoms with Crippen molar-refractivity contribution in [2.75, 3.05) is 0 Å². The minimum atomic E-state index is -1.02. The predicted octanol–water partition coefficient (Wildman–Crippen LogP) is 0.583. The highest BCUT2D eigenvalue weighted by atomic mass is 28.5. The molecule has 0 radical (unpaired) electrons. The number of hydrogen-bond acceptors (Lipinski definition) is 2. The molecular weight excluding hydrogens is 132 g/mol. The largest absolute Gasteiger partial charge is 0.336 e. The molecule has 4 heteroatoms. The highest BCUT2D eigenvalue weighted by molar-refractivity contribution is 7.04. The Hall–Kier alpha value is 0.354. The van der Waals surface area contributed by atoms with Crippen LogP contribution in [0.15, 0.2) is 0 Å². The van der Waals surface area contributed by atoms with Gasteiger partial charge in [-0.15, -0.1) is 0 Å². The molecule has 1 heterocycles. The summed E-state index contributed by atoms with van der Waals surface area (Å²) >= 11 is 0. The molecule has 2 nitrogen and oxygen atoms in total. The van der Waals surface area contributed by atoms with E-state index in [1.54, 1.807) is 0 Å². The maximum Gasteiger partial charge on any atom is 0.183 e. The predicted molar refractivity (Wildman–Crippen MR) is 41.2 cm³/mol. The molecule has 0 amide bonds. The van der Waals surface area contributed by atoms with Crippen molar-refractivity contribution in [3.63, 3.8) is 0 Å². The van der Waals surface area contributed by atoms with Crippen LogP contribution in [0.4, 0.5) is 0 Å². The van der Waals surface area contributed by atoms with Gasteiger partial charge in [0.05, 0.1) is 0 Å². The summed E-state index contributed by atoms with van der Waals surface area (Å²) in [7, 11) is -2.05. The molecule has 1 fully saturated rings. The lowest BCUT2D eigenvalue weighted by atomic mass is 11.9. The van der Waals surface area contributed by atoms with Crippen LogP contribution in [-0.4, -0.2) is 16.8 Å². The Morgan fingerprint density at radius 2 is 1.00 bits per heavy atom. The quantitative estimate of drug-likeness (QED) is 0.489. The Morgan fingerprint density at radius 3 is 1.00 bits per heavy atom. The average Bonchev–Trinajstić information content (AvgIpc) is 1.20. The van der Waals surface area contributed by atoms with Crippen LogP contribution in [0.2, 0.25) is 26.2 Å². The minimum Gasteiger partial charge on any atom is -0.336 e. The fourth-order valence-electron chi connectivity index (χ4n) is 1.56. The molecule has 1 saturated heterocycles. The maximum atomic E-state index is 3.62. The summed E-state index contributed by atoms with van der Waals surface area (Å²) in [5, 5.41) is 0. The van der Waals surface area contributed by atoms with Gasteiger partial charge in [0.1, 0.15) is 0 Å². The van der Waals surface area contributed by atoms with Crippen molar-refractivity contribution in [1.29, 1.82) is 0 Å². The highest BCUT2D eigenvalue weighted by Gasteiger charge is 2.44. The van der Waals surface area contributed by atoms with Gasteiger partial charge in [0.25, 0.3) is 0 Å². The topological polar surface area (TPSA) is 24.1 Å². The Balaban J connectivity index is 2.42. The molecular formula is C4H14N2Si2. The first-order chi connectivity index (χ1) is 3.41. The van der Waals surface area contributed by atoms with Crippen LogP contribution in [-0.2, 0) is 0 Å². The van der Waals surface area contributed by atoms with Crippen LogP contribution in [0, 0.1) is 0 Å². The maximum absolute atomic E-state index is 3.62. The van der Waals surface area contributed by atoms with Crippen molar-refractivity contribution in [2.24, 2.45) is 0 Å². The summed E-state index contributed by atoms with van der Waals surface area (Å²) < 4.78 is 7.25. The zero-order valence-electron chi connectivity index (χ0n) is 6.00. The van der Waals surface area contributed by atoms with Gasteiger partial charge < -0.3 is 9.30 Å². The van der Waals surface area contributed by atoms with Crippen LogP contribution in [0.1, 0.15) is 0 Å². The molecule has 0 bridgehead atoms. The Kier molecular flexibility index (Phi) is 1.17. The Morgan fingerprint density at radius 1 is 0.750 bits per heavy atom. The van der Waals surface area contributed by atoms with Gasteiger partial charge in [-0.1, -0.05) is 0 Å². The fourth-order valence-corrected chi connectivity index (χ4v) is 14.1. The lowest BCUT2D eigenvalue weighted by Gasteiger charge is -2.49. The van der Waals surface area contributed by atoms with E-state index < -0.39 is 16.8 Å². The third-order valence-corrected chi connectivity index (χ3v) is 11.2. The Labute approximate surface area is 53.0 Å².